The Labute approximate surface area is 128 Å². The van der Waals surface area contributed by atoms with Gasteiger partial charge in [-0.1, -0.05) is 11.6 Å². The maximum Gasteiger partial charge on any atom is 0.308 e. The summed E-state index contributed by atoms with van der Waals surface area (Å²) in [4.78, 5) is 11.0. The fourth-order valence-electron chi connectivity index (χ4n) is 1.60. The molecule has 0 bridgehead atoms. The molecule has 0 aromatic heterocycles. The summed E-state index contributed by atoms with van der Waals surface area (Å²) in [7, 11) is 1.35. The summed E-state index contributed by atoms with van der Waals surface area (Å²) < 4.78 is 15.6. The van der Waals surface area contributed by atoms with E-state index in [1.807, 2.05) is 0 Å². The van der Waals surface area contributed by atoms with Crippen LogP contribution in [0.4, 0.5) is 0 Å². The van der Waals surface area contributed by atoms with Crippen molar-refractivity contribution in [3.8, 4) is 17.2 Å². The molecule has 0 atom stereocenters. The lowest BCUT2D eigenvalue weighted by Crippen LogP contribution is -2.07. The van der Waals surface area contributed by atoms with E-state index < -0.39 is 0 Å². The molecule has 0 saturated carbocycles. The predicted molar refractivity (Wildman–Crippen MR) is 80.1 cm³/mol. The molecule has 4 nitrogen and oxygen atoms in total. The van der Waals surface area contributed by atoms with Crippen LogP contribution in [0.2, 0.25) is 5.02 Å². The molecule has 0 N–H and O–H groups in total. The van der Waals surface area contributed by atoms with E-state index in [1.54, 1.807) is 48.5 Å². The van der Waals surface area contributed by atoms with Crippen LogP contribution in [0, 0.1) is 0 Å². The van der Waals surface area contributed by atoms with Gasteiger partial charge in [0.25, 0.3) is 0 Å². The van der Waals surface area contributed by atoms with Gasteiger partial charge in [0, 0.05) is 5.02 Å². The van der Waals surface area contributed by atoms with E-state index in [0.717, 1.165) is 0 Å². The van der Waals surface area contributed by atoms with E-state index in [1.165, 1.54) is 7.11 Å². The number of rotatable bonds is 6. The Morgan fingerprint density at radius 3 is 2.05 bits per heavy atom. The molecule has 0 spiro atoms. The number of hydrogen-bond donors (Lipinski definition) is 0. The van der Waals surface area contributed by atoms with E-state index in [0.29, 0.717) is 22.3 Å². The molecule has 0 aliphatic carbocycles. The quantitative estimate of drug-likeness (QED) is 0.755. The third-order valence-corrected chi connectivity index (χ3v) is 2.93. The van der Waals surface area contributed by atoms with Crippen molar-refractivity contribution in [3.05, 3.63) is 53.6 Å². The number of ether oxygens (including phenoxy) is 3. The third kappa shape index (κ3) is 5.00. The van der Waals surface area contributed by atoms with Crippen LogP contribution in [-0.2, 0) is 9.53 Å². The topological polar surface area (TPSA) is 44.8 Å². The Morgan fingerprint density at radius 1 is 0.952 bits per heavy atom. The number of carbonyl (C=O) groups excluding carboxylic acids is 1. The van der Waals surface area contributed by atoms with Crippen molar-refractivity contribution in [2.24, 2.45) is 0 Å². The molecule has 0 radical (unpaired) electrons. The molecule has 21 heavy (non-hydrogen) atoms. The van der Waals surface area contributed by atoms with Gasteiger partial charge in [-0.15, -0.1) is 0 Å². The maximum atomic E-state index is 11.0. The standard InChI is InChI=1S/C16H15ClO4/c1-19-16(18)10-11-20-13-6-8-15(9-7-13)21-14-4-2-12(17)3-5-14/h2-9H,10-11H2,1H3. The Bertz CT molecular complexity index is 578. The van der Waals surface area contributed by atoms with Crippen LogP contribution in [-0.4, -0.2) is 19.7 Å². The Kier molecular flexibility index (Phi) is 5.46. The minimum absolute atomic E-state index is 0.222. The van der Waals surface area contributed by atoms with Crippen molar-refractivity contribution in [1.29, 1.82) is 0 Å². The second-order valence-electron chi connectivity index (χ2n) is 4.20. The van der Waals surface area contributed by atoms with Crippen molar-refractivity contribution in [2.45, 2.75) is 6.42 Å². The van der Waals surface area contributed by atoms with Gasteiger partial charge in [0.1, 0.15) is 17.2 Å². The first-order chi connectivity index (χ1) is 10.2. The molecule has 0 amide bonds. The fourth-order valence-corrected chi connectivity index (χ4v) is 1.72. The minimum atomic E-state index is -0.294. The van der Waals surface area contributed by atoms with Crippen LogP contribution in [0.15, 0.2) is 48.5 Å². The second kappa shape index (κ2) is 7.55. The molecule has 0 heterocycles. The molecular formula is C16H15ClO4. The van der Waals surface area contributed by atoms with Gasteiger partial charge in [0.05, 0.1) is 20.1 Å². The van der Waals surface area contributed by atoms with Crippen LogP contribution in [0.1, 0.15) is 6.42 Å². The average Bonchev–Trinajstić information content (AvgIpc) is 2.51. The minimum Gasteiger partial charge on any atom is -0.493 e. The highest BCUT2D eigenvalue weighted by molar-refractivity contribution is 6.30. The molecule has 0 fully saturated rings. The Balaban J connectivity index is 1.86. The first-order valence-corrected chi connectivity index (χ1v) is 6.78. The lowest BCUT2D eigenvalue weighted by molar-refractivity contribution is -0.141. The van der Waals surface area contributed by atoms with Gasteiger partial charge >= 0.3 is 5.97 Å². The van der Waals surface area contributed by atoms with Gasteiger partial charge in [-0.25, -0.2) is 0 Å². The normalized spacial score (nSPS) is 10.0. The molecular weight excluding hydrogens is 292 g/mol. The van der Waals surface area contributed by atoms with E-state index in [9.17, 15) is 4.79 Å². The zero-order chi connectivity index (χ0) is 15.1. The highest BCUT2D eigenvalue weighted by Gasteiger charge is 2.02. The van der Waals surface area contributed by atoms with Crippen LogP contribution in [0.5, 0.6) is 17.2 Å². The van der Waals surface area contributed by atoms with Gasteiger partial charge < -0.3 is 14.2 Å². The van der Waals surface area contributed by atoms with Crippen molar-refractivity contribution in [1.82, 2.24) is 0 Å². The van der Waals surface area contributed by atoms with Crippen molar-refractivity contribution < 1.29 is 19.0 Å². The van der Waals surface area contributed by atoms with Gasteiger partial charge in [-0.2, -0.15) is 0 Å². The molecule has 5 heteroatoms. The summed E-state index contributed by atoms with van der Waals surface area (Å²) in [5.74, 6) is 1.77. The SMILES string of the molecule is COC(=O)CCOc1ccc(Oc2ccc(Cl)cc2)cc1. The molecule has 0 unspecified atom stereocenters. The van der Waals surface area contributed by atoms with E-state index >= 15 is 0 Å². The number of esters is 1. The first kappa shape index (κ1) is 15.2. The largest absolute Gasteiger partial charge is 0.493 e. The van der Waals surface area contributed by atoms with Gasteiger partial charge in [-0.3, -0.25) is 4.79 Å². The summed E-state index contributed by atoms with van der Waals surface area (Å²) in [6.45, 7) is 0.282. The van der Waals surface area contributed by atoms with Crippen molar-refractivity contribution in [2.75, 3.05) is 13.7 Å². The summed E-state index contributed by atoms with van der Waals surface area (Å²) in [6.07, 6.45) is 0.222. The predicted octanol–water partition coefficient (Wildman–Crippen LogP) is 4.07. The number of halogens is 1. The average molecular weight is 307 g/mol. The zero-order valence-corrected chi connectivity index (χ0v) is 12.3. The fraction of sp³-hybridized carbons (Fsp3) is 0.188. The van der Waals surface area contributed by atoms with Crippen LogP contribution < -0.4 is 9.47 Å². The van der Waals surface area contributed by atoms with Crippen molar-refractivity contribution >= 4 is 17.6 Å². The lowest BCUT2D eigenvalue weighted by atomic mass is 10.3. The van der Waals surface area contributed by atoms with Gasteiger partial charge in [-0.05, 0) is 48.5 Å². The highest BCUT2D eigenvalue weighted by atomic mass is 35.5. The Hall–Kier alpha value is -2.20. The number of methoxy groups -OCH3 is 1. The number of benzene rings is 2. The molecule has 2 aromatic rings. The van der Waals surface area contributed by atoms with Crippen LogP contribution >= 0.6 is 11.6 Å². The molecule has 0 aliphatic heterocycles. The Morgan fingerprint density at radius 2 is 1.48 bits per heavy atom. The van der Waals surface area contributed by atoms with Gasteiger partial charge in [0.2, 0.25) is 0 Å². The number of hydrogen-bond acceptors (Lipinski definition) is 4. The van der Waals surface area contributed by atoms with Crippen LogP contribution in [0.3, 0.4) is 0 Å². The molecule has 110 valence electrons. The maximum absolute atomic E-state index is 11.0. The highest BCUT2D eigenvalue weighted by Crippen LogP contribution is 2.25. The van der Waals surface area contributed by atoms with Gasteiger partial charge in [0.15, 0.2) is 0 Å². The second-order valence-corrected chi connectivity index (χ2v) is 4.64. The molecule has 2 rings (SSSR count). The summed E-state index contributed by atoms with van der Waals surface area (Å²) in [5, 5.41) is 0.664. The van der Waals surface area contributed by atoms with Crippen LogP contribution in [0.25, 0.3) is 0 Å². The summed E-state index contributed by atoms with van der Waals surface area (Å²) >= 11 is 5.81. The molecule has 0 aliphatic rings. The summed E-state index contributed by atoms with van der Waals surface area (Å²) in [5.41, 5.74) is 0. The third-order valence-electron chi connectivity index (χ3n) is 2.68. The zero-order valence-electron chi connectivity index (χ0n) is 11.5. The van der Waals surface area contributed by atoms with E-state index in [-0.39, 0.29) is 19.0 Å². The number of carbonyl (C=O) groups is 1. The molecule has 0 saturated heterocycles. The smallest absolute Gasteiger partial charge is 0.308 e. The van der Waals surface area contributed by atoms with E-state index in [2.05, 4.69) is 4.74 Å². The van der Waals surface area contributed by atoms with E-state index in [4.69, 9.17) is 21.1 Å². The molecule has 2 aromatic carbocycles. The lowest BCUT2D eigenvalue weighted by Gasteiger charge is -2.08. The first-order valence-electron chi connectivity index (χ1n) is 6.40. The monoisotopic (exact) mass is 306 g/mol. The van der Waals surface area contributed by atoms with Crippen molar-refractivity contribution in [3.63, 3.8) is 0 Å². The summed E-state index contributed by atoms with van der Waals surface area (Å²) in [6, 6.07) is 14.3.